The Kier molecular flexibility index (Phi) is 4.41. The molecule has 1 unspecified atom stereocenters. The van der Waals surface area contributed by atoms with Gasteiger partial charge in [-0.15, -0.1) is 0 Å². The van der Waals surface area contributed by atoms with E-state index in [1.807, 2.05) is 0 Å². The zero-order chi connectivity index (χ0) is 19.2. The van der Waals surface area contributed by atoms with Crippen LogP contribution in [0, 0.1) is 0 Å². The van der Waals surface area contributed by atoms with Crippen molar-refractivity contribution in [3.63, 3.8) is 0 Å². The van der Waals surface area contributed by atoms with E-state index in [4.69, 9.17) is 4.74 Å². The molecule has 0 aromatic heterocycles. The number of ether oxygens (including phenoxy) is 2. The second kappa shape index (κ2) is 6.19. The summed E-state index contributed by atoms with van der Waals surface area (Å²) in [5.41, 5.74) is -1.45. The average molecular weight is 381 g/mol. The van der Waals surface area contributed by atoms with Gasteiger partial charge in [0.05, 0.1) is 5.56 Å². The molecule has 1 atom stereocenters. The number of rotatable bonds is 2. The highest BCUT2D eigenvalue weighted by atomic mass is 19.4. The van der Waals surface area contributed by atoms with Gasteiger partial charge in [0.1, 0.15) is 5.60 Å². The van der Waals surface area contributed by atoms with E-state index >= 15 is 0 Å². The molecule has 0 aliphatic carbocycles. The normalized spacial score (nSPS) is 23.5. The van der Waals surface area contributed by atoms with E-state index < -0.39 is 35.4 Å². The Bertz CT molecular complexity index is 730. The van der Waals surface area contributed by atoms with Crippen LogP contribution in [-0.4, -0.2) is 30.8 Å². The van der Waals surface area contributed by atoms with E-state index in [-0.39, 0.29) is 17.6 Å². The van der Waals surface area contributed by atoms with Crippen molar-refractivity contribution in [1.82, 2.24) is 5.32 Å². The summed E-state index contributed by atoms with van der Waals surface area (Å²) in [6.45, 7) is 0.880. The minimum Gasteiger partial charge on any atom is -0.456 e. The Morgan fingerprint density at radius 2 is 1.77 bits per heavy atom. The number of hydrogen-bond acceptors (Lipinski definition) is 4. The highest BCUT2D eigenvalue weighted by molar-refractivity contribution is 5.79. The lowest BCUT2D eigenvalue weighted by Gasteiger charge is -2.22. The van der Waals surface area contributed by atoms with Crippen LogP contribution in [0.5, 0.6) is 0 Å². The van der Waals surface area contributed by atoms with Gasteiger partial charge in [0.15, 0.2) is 0 Å². The standard InChI is InChI=1S/C16H13F6NO3/c17-15(18,19)10-3-1-9(2-4-10)11-7-14(5-6-23-8-14)26-12(11)25-13(24)16(20,21)22/h1-4,23H,5-8H2. The summed E-state index contributed by atoms with van der Waals surface area (Å²) in [6.07, 6.45) is -9.18. The molecule has 1 spiro atoms. The number of nitrogens with one attached hydrogen (secondary N) is 1. The predicted molar refractivity (Wildman–Crippen MR) is 76.4 cm³/mol. The van der Waals surface area contributed by atoms with Gasteiger partial charge in [-0.1, -0.05) is 12.1 Å². The second-order valence-corrected chi connectivity index (χ2v) is 6.12. The van der Waals surface area contributed by atoms with Crippen molar-refractivity contribution in [3.05, 3.63) is 41.3 Å². The third-order valence-electron chi connectivity index (χ3n) is 4.24. The van der Waals surface area contributed by atoms with Crippen molar-refractivity contribution in [2.24, 2.45) is 0 Å². The smallest absolute Gasteiger partial charge is 0.456 e. The van der Waals surface area contributed by atoms with E-state index in [1.165, 1.54) is 0 Å². The number of carbonyl (C=O) groups is 1. The SMILES string of the molecule is O=C(OC1=C(c2ccc(C(F)(F)F)cc2)CC2(CCNC2)O1)C(F)(F)F. The Hall–Kier alpha value is -2.23. The van der Waals surface area contributed by atoms with Crippen LogP contribution in [-0.2, 0) is 20.4 Å². The Morgan fingerprint density at radius 1 is 1.12 bits per heavy atom. The van der Waals surface area contributed by atoms with Crippen LogP contribution in [0.1, 0.15) is 24.0 Å². The monoisotopic (exact) mass is 381 g/mol. The minimum absolute atomic E-state index is 0.117. The second-order valence-electron chi connectivity index (χ2n) is 6.12. The number of esters is 1. The average Bonchev–Trinajstić information content (AvgIpc) is 3.13. The lowest BCUT2D eigenvalue weighted by atomic mass is 9.92. The maximum atomic E-state index is 12.7. The molecule has 2 aliphatic rings. The Labute approximate surface area is 143 Å². The summed E-state index contributed by atoms with van der Waals surface area (Å²) >= 11 is 0. The first-order valence-electron chi connectivity index (χ1n) is 7.60. The topological polar surface area (TPSA) is 47.6 Å². The molecule has 2 heterocycles. The molecule has 142 valence electrons. The number of alkyl halides is 6. The van der Waals surface area contributed by atoms with Crippen molar-refractivity contribution >= 4 is 11.5 Å². The Balaban J connectivity index is 1.93. The van der Waals surface area contributed by atoms with E-state index in [0.717, 1.165) is 24.3 Å². The number of carbonyl (C=O) groups excluding carboxylic acids is 1. The van der Waals surface area contributed by atoms with Gasteiger partial charge in [0.25, 0.3) is 5.95 Å². The van der Waals surface area contributed by atoms with Crippen LogP contribution in [0.4, 0.5) is 26.3 Å². The van der Waals surface area contributed by atoms with Crippen molar-refractivity contribution in [1.29, 1.82) is 0 Å². The molecule has 1 fully saturated rings. The number of halogens is 6. The van der Waals surface area contributed by atoms with Crippen LogP contribution in [0.3, 0.4) is 0 Å². The van der Waals surface area contributed by atoms with Gasteiger partial charge in [0, 0.05) is 25.0 Å². The molecule has 1 saturated heterocycles. The fraction of sp³-hybridized carbons (Fsp3) is 0.438. The minimum atomic E-state index is -5.22. The molecule has 10 heteroatoms. The zero-order valence-corrected chi connectivity index (χ0v) is 13.1. The maximum absolute atomic E-state index is 12.7. The van der Waals surface area contributed by atoms with Gasteiger partial charge in [-0.25, -0.2) is 4.79 Å². The summed E-state index contributed by atoms with van der Waals surface area (Å²) in [7, 11) is 0. The molecule has 1 aromatic rings. The zero-order valence-electron chi connectivity index (χ0n) is 13.1. The van der Waals surface area contributed by atoms with Crippen molar-refractivity contribution in [3.8, 4) is 0 Å². The van der Waals surface area contributed by atoms with Crippen molar-refractivity contribution in [2.45, 2.75) is 30.8 Å². The summed E-state index contributed by atoms with van der Waals surface area (Å²) in [5, 5.41) is 3.00. The highest BCUT2D eigenvalue weighted by Crippen LogP contribution is 2.44. The summed E-state index contributed by atoms with van der Waals surface area (Å²) in [6, 6.07) is 3.85. The molecule has 3 rings (SSSR count). The first-order chi connectivity index (χ1) is 12.0. The number of benzene rings is 1. The third kappa shape index (κ3) is 3.64. The molecule has 4 nitrogen and oxygen atoms in total. The lowest BCUT2D eigenvalue weighted by molar-refractivity contribution is -0.202. The van der Waals surface area contributed by atoms with Gasteiger partial charge in [0.2, 0.25) is 0 Å². The fourth-order valence-corrected chi connectivity index (χ4v) is 2.95. The van der Waals surface area contributed by atoms with E-state index in [9.17, 15) is 31.1 Å². The molecule has 0 bridgehead atoms. The summed E-state index contributed by atoms with van der Waals surface area (Å²) < 4.78 is 85.4. The Morgan fingerprint density at radius 3 is 2.27 bits per heavy atom. The molecule has 0 radical (unpaired) electrons. The maximum Gasteiger partial charge on any atom is 0.491 e. The van der Waals surface area contributed by atoms with Gasteiger partial charge in [-0.3, -0.25) is 0 Å². The van der Waals surface area contributed by atoms with Crippen LogP contribution >= 0.6 is 0 Å². The third-order valence-corrected chi connectivity index (χ3v) is 4.24. The van der Waals surface area contributed by atoms with Crippen LogP contribution in [0.15, 0.2) is 30.2 Å². The predicted octanol–water partition coefficient (Wildman–Crippen LogP) is 3.63. The lowest BCUT2D eigenvalue weighted by Crippen LogP contribution is -2.32. The molecule has 0 amide bonds. The molecule has 26 heavy (non-hydrogen) atoms. The molecule has 1 N–H and O–H groups in total. The van der Waals surface area contributed by atoms with Gasteiger partial charge in [-0.2, -0.15) is 26.3 Å². The summed E-state index contributed by atoms with van der Waals surface area (Å²) in [4.78, 5) is 11.2. The van der Waals surface area contributed by atoms with E-state index in [0.29, 0.717) is 19.5 Å². The van der Waals surface area contributed by atoms with Crippen molar-refractivity contribution < 1.29 is 40.6 Å². The van der Waals surface area contributed by atoms with Crippen molar-refractivity contribution in [2.75, 3.05) is 13.1 Å². The van der Waals surface area contributed by atoms with Crippen LogP contribution in [0.25, 0.3) is 5.57 Å². The van der Waals surface area contributed by atoms with Gasteiger partial charge < -0.3 is 14.8 Å². The van der Waals surface area contributed by atoms with Gasteiger partial charge >= 0.3 is 18.3 Å². The fourth-order valence-electron chi connectivity index (χ4n) is 2.95. The van der Waals surface area contributed by atoms with Crippen LogP contribution < -0.4 is 5.32 Å². The van der Waals surface area contributed by atoms with Gasteiger partial charge in [-0.05, 0) is 24.2 Å². The largest absolute Gasteiger partial charge is 0.491 e. The number of hydrogen-bond donors (Lipinski definition) is 1. The molecular formula is C16H13F6NO3. The quantitative estimate of drug-likeness (QED) is 0.628. The highest BCUT2D eigenvalue weighted by Gasteiger charge is 2.48. The first kappa shape index (κ1) is 18.6. The molecular weight excluding hydrogens is 368 g/mol. The molecule has 1 aromatic carbocycles. The first-order valence-corrected chi connectivity index (χ1v) is 7.60. The molecule has 2 aliphatic heterocycles. The van der Waals surface area contributed by atoms with E-state index in [2.05, 4.69) is 10.1 Å². The summed E-state index contributed by atoms with van der Waals surface area (Å²) in [5.74, 6) is -3.06. The molecule has 0 saturated carbocycles. The van der Waals surface area contributed by atoms with E-state index in [1.54, 1.807) is 0 Å². The van der Waals surface area contributed by atoms with Crippen LogP contribution in [0.2, 0.25) is 0 Å².